The van der Waals surface area contributed by atoms with Gasteiger partial charge >= 0.3 is 0 Å². The van der Waals surface area contributed by atoms with Gasteiger partial charge < -0.3 is 8.94 Å². The van der Waals surface area contributed by atoms with Crippen molar-refractivity contribution in [1.82, 2.24) is 20.1 Å². The van der Waals surface area contributed by atoms with E-state index in [0.29, 0.717) is 23.2 Å². The zero-order chi connectivity index (χ0) is 16.4. The van der Waals surface area contributed by atoms with E-state index in [-0.39, 0.29) is 0 Å². The minimum Gasteiger partial charge on any atom is -0.461 e. The van der Waals surface area contributed by atoms with E-state index in [2.05, 4.69) is 20.1 Å². The Bertz CT molecular complexity index is 966. The van der Waals surface area contributed by atoms with E-state index in [1.807, 2.05) is 31.2 Å². The van der Waals surface area contributed by atoms with Crippen molar-refractivity contribution < 1.29 is 8.94 Å². The van der Waals surface area contributed by atoms with Crippen LogP contribution in [0.4, 0.5) is 0 Å². The Balaban J connectivity index is 1.43. The normalized spacial score (nSPS) is 11.2. The Morgan fingerprint density at radius 1 is 0.958 bits per heavy atom. The summed E-state index contributed by atoms with van der Waals surface area (Å²) in [4.78, 5) is 13.6. The average Bonchev–Trinajstić information content (AvgIpc) is 3.26. The Hall–Kier alpha value is -2.67. The summed E-state index contributed by atoms with van der Waals surface area (Å²) in [5.74, 6) is 2.99. The van der Waals surface area contributed by atoms with Crippen molar-refractivity contribution in [2.24, 2.45) is 0 Å². The summed E-state index contributed by atoms with van der Waals surface area (Å²) in [5.41, 5.74) is 3.76. The largest absolute Gasteiger partial charge is 0.461 e. The van der Waals surface area contributed by atoms with Crippen molar-refractivity contribution >= 4 is 22.8 Å². The van der Waals surface area contributed by atoms with Gasteiger partial charge in [-0.15, -0.1) is 11.8 Å². The number of para-hydroxylation sites is 2. The molecule has 0 aliphatic rings. The van der Waals surface area contributed by atoms with Gasteiger partial charge in [0.2, 0.25) is 11.7 Å². The van der Waals surface area contributed by atoms with Crippen molar-refractivity contribution in [3.8, 4) is 11.6 Å². The van der Waals surface area contributed by atoms with Gasteiger partial charge in [-0.3, -0.25) is 0 Å². The van der Waals surface area contributed by atoms with Crippen molar-refractivity contribution in [3.05, 3.63) is 59.9 Å². The third kappa shape index (κ3) is 3.03. The van der Waals surface area contributed by atoms with Gasteiger partial charge in [0.25, 0.3) is 0 Å². The maximum absolute atomic E-state index is 5.25. The Kier molecular flexibility index (Phi) is 4.00. The topological polar surface area (TPSA) is 77.8 Å². The molecule has 0 bridgehead atoms. The number of aromatic nitrogens is 4. The second-order valence-corrected chi connectivity index (χ2v) is 6.21. The Morgan fingerprint density at radius 2 is 1.79 bits per heavy atom. The van der Waals surface area contributed by atoms with Gasteiger partial charge in [-0.05, 0) is 31.2 Å². The van der Waals surface area contributed by atoms with Gasteiger partial charge in [-0.2, -0.15) is 4.98 Å². The van der Waals surface area contributed by atoms with E-state index >= 15 is 0 Å². The molecule has 6 nitrogen and oxygen atoms in total. The van der Waals surface area contributed by atoms with E-state index in [4.69, 9.17) is 8.94 Å². The fourth-order valence-electron chi connectivity index (χ4n) is 2.32. The van der Waals surface area contributed by atoms with Crippen molar-refractivity contribution in [1.29, 1.82) is 0 Å². The van der Waals surface area contributed by atoms with Crippen LogP contribution in [-0.4, -0.2) is 20.1 Å². The first-order chi connectivity index (χ1) is 11.8. The maximum Gasteiger partial charge on any atom is 0.238 e. The molecule has 0 aliphatic heterocycles. The van der Waals surface area contributed by atoms with Gasteiger partial charge in [0.1, 0.15) is 0 Å². The van der Waals surface area contributed by atoms with Crippen LogP contribution in [-0.2, 0) is 11.5 Å². The van der Waals surface area contributed by atoms with Crippen LogP contribution in [0.3, 0.4) is 0 Å². The van der Waals surface area contributed by atoms with E-state index < -0.39 is 0 Å². The molecule has 0 aliphatic carbocycles. The minimum atomic E-state index is 0.470. The smallest absolute Gasteiger partial charge is 0.238 e. The Morgan fingerprint density at radius 3 is 2.58 bits per heavy atom. The highest BCUT2D eigenvalue weighted by molar-refractivity contribution is 7.97. The third-order valence-electron chi connectivity index (χ3n) is 3.52. The number of nitrogens with zero attached hydrogens (tertiary/aromatic N) is 4. The highest BCUT2D eigenvalue weighted by atomic mass is 32.2. The number of fused-ring (bicyclic) bond motifs is 1. The number of rotatable bonds is 5. The molecule has 0 spiro atoms. The van der Waals surface area contributed by atoms with Crippen molar-refractivity contribution in [2.45, 2.75) is 18.4 Å². The molecular formula is C17H14N4O2S. The molecule has 1 aromatic carbocycles. The van der Waals surface area contributed by atoms with Crippen LogP contribution < -0.4 is 0 Å². The van der Waals surface area contributed by atoms with Crippen molar-refractivity contribution in [3.63, 3.8) is 0 Å². The molecule has 4 aromatic rings. The number of benzene rings is 1. The van der Waals surface area contributed by atoms with Crippen molar-refractivity contribution in [2.75, 3.05) is 0 Å². The summed E-state index contributed by atoms with van der Waals surface area (Å²) >= 11 is 1.66. The molecule has 4 rings (SSSR count). The minimum absolute atomic E-state index is 0.470. The lowest BCUT2D eigenvalue weighted by atomic mass is 10.2. The van der Waals surface area contributed by atoms with Crippen LogP contribution in [0.5, 0.6) is 0 Å². The lowest BCUT2D eigenvalue weighted by molar-refractivity contribution is 0.390. The van der Waals surface area contributed by atoms with E-state index in [9.17, 15) is 0 Å². The standard InChI is InChI=1S/C17H14N4O2S/c1-11-14(19-13-6-3-2-5-12(13)18-11)9-24-10-16-20-17(21-23-16)15-7-4-8-22-15/h2-8H,9-10H2,1H3. The number of aryl methyl sites for hydroxylation is 1. The number of hydrogen-bond acceptors (Lipinski definition) is 7. The van der Waals surface area contributed by atoms with Gasteiger partial charge in [0, 0.05) is 5.75 Å². The molecule has 0 N–H and O–H groups in total. The lowest BCUT2D eigenvalue weighted by Crippen LogP contribution is -1.97. The number of hydrogen-bond donors (Lipinski definition) is 0. The first kappa shape index (κ1) is 14.9. The first-order valence-corrected chi connectivity index (χ1v) is 8.61. The number of furan rings is 1. The van der Waals surface area contributed by atoms with Crippen LogP contribution in [0.1, 0.15) is 17.3 Å². The highest BCUT2D eigenvalue weighted by Gasteiger charge is 2.11. The quantitative estimate of drug-likeness (QED) is 0.544. The predicted octanol–water partition coefficient (Wildman–Crippen LogP) is 4.01. The van der Waals surface area contributed by atoms with Gasteiger partial charge in [-0.1, -0.05) is 17.3 Å². The van der Waals surface area contributed by atoms with Crippen LogP contribution in [0, 0.1) is 6.92 Å². The van der Waals surface area contributed by atoms with E-state index in [1.165, 1.54) is 0 Å². The Labute approximate surface area is 142 Å². The molecule has 3 heterocycles. The molecule has 0 atom stereocenters. The van der Waals surface area contributed by atoms with Crippen LogP contribution >= 0.6 is 11.8 Å². The SMILES string of the molecule is Cc1nc2ccccc2nc1CSCc1nc(-c2ccco2)no1. The van der Waals surface area contributed by atoms with Gasteiger partial charge in [0.15, 0.2) is 5.76 Å². The molecule has 0 saturated heterocycles. The monoisotopic (exact) mass is 338 g/mol. The third-order valence-corrected chi connectivity index (χ3v) is 4.45. The summed E-state index contributed by atoms with van der Waals surface area (Å²) in [7, 11) is 0. The van der Waals surface area contributed by atoms with Crippen LogP contribution in [0.2, 0.25) is 0 Å². The fourth-order valence-corrected chi connectivity index (χ4v) is 3.18. The lowest BCUT2D eigenvalue weighted by Gasteiger charge is -2.05. The molecule has 3 aromatic heterocycles. The molecule has 0 amide bonds. The predicted molar refractivity (Wildman–Crippen MR) is 91.3 cm³/mol. The van der Waals surface area contributed by atoms with Gasteiger partial charge in [-0.25, -0.2) is 9.97 Å². The summed E-state index contributed by atoms with van der Waals surface area (Å²) < 4.78 is 10.5. The average molecular weight is 338 g/mol. The first-order valence-electron chi connectivity index (χ1n) is 7.46. The van der Waals surface area contributed by atoms with E-state index in [0.717, 1.165) is 28.2 Å². The second kappa shape index (κ2) is 6.45. The molecule has 24 heavy (non-hydrogen) atoms. The summed E-state index contributed by atoms with van der Waals surface area (Å²) in [6.45, 7) is 1.98. The van der Waals surface area contributed by atoms with Crippen LogP contribution in [0.25, 0.3) is 22.6 Å². The summed E-state index contributed by atoms with van der Waals surface area (Å²) in [6.07, 6.45) is 1.58. The number of thioether (sulfide) groups is 1. The molecule has 0 saturated carbocycles. The van der Waals surface area contributed by atoms with Gasteiger partial charge in [0.05, 0.1) is 34.4 Å². The van der Waals surface area contributed by atoms with E-state index in [1.54, 1.807) is 30.2 Å². The molecular weight excluding hydrogens is 324 g/mol. The molecule has 7 heteroatoms. The fraction of sp³-hybridized carbons (Fsp3) is 0.176. The molecule has 0 radical (unpaired) electrons. The second-order valence-electron chi connectivity index (χ2n) is 5.23. The highest BCUT2D eigenvalue weighted by Crippen LogP contribution is 2.22. The zero-order valence-electron chi connectivity index (χ0n) is 13.0. The maximum atomic E-state index is 5.25. The summed E-state index contributed by atoms with van der Waals surface area (Å²) in [5, 5.41) is 3.92. The molecule has 120 valence electrons. The van der Waals surface area contributed by atoms with Crippen LogP contribution in [0.15, 0.2) is 51.6 Å². The molecule has 0 fully saturated rings. The molecule has 0 unspecified atom stereocenters. The zero-order valence-corrected chi connectivity index (χ0v) is 13.8. The summed E-state index contributed by atoms with van der Waals surface area (Å²) in [6, 6.07) is 11.5.